The molecule has 0 saturated carbocycles. The van der Waals surface area contributed by atoms with E-state index in [0.717, 1.165) is 5.56 Å². The van der Waals surface area contributed by atoms with Crippen LogP contribution in [0.15, 0.2) is 53.4 Å². The Morgan fingerprint density at radius 1 is 1.19 bits per heavy atom. The zero-order valence-corrected chi connectivity index (χ0v) is 15.5. The van der Waals surface area contributed by atoms with Gasteiger partial charge in [0.15, 0.2) is 6.61 Å². The van der Waals surface area contributed by atoms with Crippen molar-refractivity contribution in [3.63, 3.8) is 0 Å². The van der Waals surface area contributed by atoms with E-state index in [1.165, 1.54) is 24.3 Å². The molecule has 0 aliphatic heterocycles. The first kappa shape index (κ1) is 20.4. The minimum atomic E-state index is -3.70. The van der Waals surface area contributed by atoms with Crippen LogP contribution in [0.4, 0.5) is 0 Å². The van der Waals surface area contributed by atoms with Crippen molar-refractivity contribution in [1.82, 2.24) is 4.72 Å². The predicted molar refractivity (Wildman–Crippen MR) is 101 cm³/mol. The van der Waals surface area contributed by atoms with Crippen molar-refractivity contribution >= 4 is 21.8 Å². The maximum Gasteiger partial charge on any atom is 0.341 e. The molecule has 9 heteroatoms. The van der Waals surface area contributed by atoms with Gasteiger partial charge in [0.05, 0.1) is 4.90 Å². The summed E-state index contributed by atoms with van der Waals surface area (Å²) >= 11 is 0. The number of aliphatic carboxylic acids is 1. The van der Waals surface area contributed by atoms with Gasteiger partial charge in [0.2, 0.25) is 10.0 Å². The van der Waals surface area contributed by atoms with Crippen molar-refractivity contribution in [2.75, 3.05) is 6.61 Å². The highest BCUT2D eigenvalue weighted by molar-refractivity contribution is 7.89. The van der Waals surface area contributed by atoms with Crippen LogP contribution in [-0.4, -0.2) is 38.0 Å². The maximum atomic E-state index is 12.4. The lowest BCUT2D eigenvalue weighted by molar-refractivity contribution is -0.139. The van der Waals surface area contributed by atoms with E-state index in [1.54, 1.807) is 31.2 Å². The van der Waals surface area contributed by atoms with E-state index in [0.29, 0.717) is 17.7 Å². The lowest BCUT2D eigenvalue weighted by Crippen LogP contribution is -2.34. The van der Waals surface area contributed by atoms with Crippen LogP contribution in [0.2, 0.25) is 0 Å². The highest BCUT2D eigenvalue weighted by atomic mass is 32.2. The Hall–Kier alpha value is -2.91. The molecule has 0 saturated heterocycles. The molecule has 0 aliphatic carbocycles. The highest BCUT2D eigenvalue weighted by Gasteiger charge is 2.17. The average Bonchev–Trinajstić information content (AvgIpc) is 2.60. The van der Waals surface area contributed by atoms with Crippen molar-refractivity contribution in [1.29, 1.82) is 5.41 Å². The zero-order chi connectivity index (χ0) is 20.0. The summed E-state index contributed by atoms with van der Waals surface area (Å²) < 4.78 is 32.6. The number of amidine groups is 1. The third-order valence-electron chi connectivity index (χ3n) is 3.66. The molecule has 0 aromatic heterocycles. The lowest BCUT2D eigenvalue weighted by atomic mass is 10.1. The second-order valence-electron chi connectivity index (χ2n) is 5.99. The molecule has 144 valence electrons. The van der Waals surface area contributed by atoms with Crippen LogP contribution in [0, 0.1) is 5.41 Å². The van der Waals surface area contributed by atoms with Crippen LogP contribution in [-0.2, 0) is 21.2 Å². The van der Waals surface area contributed by atoms with Crippen molar-refractivity contribution in [3.05, 3.63) is 59.7 Å². The van der Waals surface area contributed by atoms with E-state index in [2.05, 4.69) is 4.72 Å². The Labute approximate surface area is 157 Å². The molecule has 0 radical (unpaired) electrons. The first-order valence-electron chi connectivity index (χ1n) is 8.07. The number of ether oxygens (including phenoxy) is 1. The molecular weight excluding hydrogens is 370 g/mol. The highest BCUT2D eigenvalue weighted by Crippen LogP contribution is 2.15. The summed E-state index contributed by atoms with van der Waals surface area (Å²) in [6, 6.07) is 12.2. The van der Waals surface area contributed by atoms with Gasteiger partial charge in [0, 0.05) is 11.6 Å². The number of sulfonamides is 1. The Morgan fingerprint density at radius 3 is 2.30 bits per heavy atom. The minimum Gasteiger partial charge on any atom is -0.482 e. The van der Waals surface area contributed by atoms with Crippen molar-refractivity contribution in [2.45, 2.75) is 24.3 Å². The van der Waals surface area contributed by atoms with Crippen LogP contribution in [0.25, 0.3) is 0 Å². The SMILES string of the molecule is C[C@@H](Cc1ccc(OCC(=O)O)cc1)NS(=O)(=O)c1ccc(C(=N)N)cc1. The molecule has 0 heterocycles. The average molecular weight is 391 g/mol. The van der Waals surface area contributed by atoms with Gasteiger partial charge in [0.25, 0.3) is 0 Å². The summed E-state index contributed by atoms with van der Waals surface area (Å²) in [7, 11) is -3.70. The third-order valence-corrected chi connectivity index (χ3v) is 5.26. The number of carboxylic acids is 1. The van der Waals surface area contributed by atoms with E-state index in [-0.39, 0.29) is 16.8 Å². The zero-order valence-electron chi connectivity index (χ0n) is 14.7. The fourth-order valence-corrected chi connectivity index (χ4v) is 3.65. The molecule has 0 amide bonds. The Morgan fingerprint density at radius 2 is 1.78 bits per heavy atom. The Kier molecular flexibility index (Phi) is 6.54. The molecule has 0 fully saturated rings. The van der Waals surface area contributed by atoms with Crippen molar-refractivity contribution in [2.24, 2.45) is 5.73 Å². The standard InChI is InChI=1S/C18H21N3O5S/c1-12(10-13-2-6-15(7-3-13)26-11-17(22)23)21-27(24,25)16-8-4-14(5-9-16)18(19)20/h2-9,12,21H,10-11H2,1H3,(H3,19,20)(H,22,23)/t12-/m0/s1. The van der Waals surface area contributed by atoms with E-state index in [9.17, 15) is 13.2 Å². The molecule has 2 aromatic carbocycles. The van der Waals surface area contributed by atoms with Crippen LogP contribution >= 0.6 is 0 Å². The Balaban J connectivity index is 1.98. The molecule has 0 bridgehead atoms. The van der Waals surface area contributed by atoms with Crippen molar-refractivity contribution in [3.8, 4) is 5.75 Å². The summed E-state index contributed by atoms with van der Waals surface area (Å²) in [6.07, 6.45) is 0.448. The van der Waals surface area contributed by atoms with Crippen molar-refractivity contribution < 1.29 is 23.1 Å². The second kappa shape index (κ2) is 8.65. The number of nitrogens with one attached hydrogen (secondary N) is 2. The fraction of sp³-hybridized carbons (Fsp3) is 0.222. The summed E-state index contributed by atoms with van der Waals surface area (Å²) in [4.78, 5) is 10.6. The predicted octanol–water partition coefficient (Wildman–Crippen LogP) is 1.34. The van der Waals surface area contributed by atoms with E-state index in [4.69, 9.17) is 21.0 Å². The number of nitrogens with two attached hydrogens (primary N) is 1. The smallest absolute Gasteiger partial charge is 0.341 e. The fourth-order valence-electron chi connectivity index (χ4n) is 2.41. The molecule has 0 spiro atoms. The molecule has 2 rings (SSSR count). The first-order valence-corrected chi connectivity index (χ1v) is 9.56. The number of hydrogen-bond donors (Lipinski definition) is 4. The van der Waals surface area contributed by atoms with E-state index >= 15 is 0 Å². The summed E-state index contributed by atoms with van der Waals surface area (Å²) in [5, 5.41) is 15.9. The van der Waals surface area contributed by atoms with Gasteiger partial charge in [-0.1, -0.05) is 12.1 Å². The van der Waals surface area contributed by atoms with Gasteiger partial charge < -0.3 is 15.6 Å². The molecule has 8 nitrogen and oxygen atoms in total. The number of benzene rings is 2. The minimum absolute atomic E-state index is 0.0942. The van der Waals surface area contributed by atoms with Crippen LogP contribution in [0.1, 0.15) is 18.1 Å². The second-order valence-corrected chi connectivity index (χ2v) is 7.70. The summed E-state index contributed by atoms with van der Waals surface area (Å²) in [5.74, 6) is -0.755. The monoisotopic (exact) mass is 391 g/mol. The Bertz CT molecular complexity index is 909. The van der Waals surface area contributed by atoms with Crippen LogP contribution < -0.4 is 15.2 Å². The van der Waals surface area contributed by atoms with E-state index < -0.39 is 22.6 Å². The molecule has 0 unspecified atom stereocenters. The molecule has 27 heavy (non-hydrogen) atoms. The quantitative estimate of drug-likeness (QED) is 0.375. The number of hydrogen-bond acceptors (Lipinski definition) is 5. The normalized spacial score (nSPS) is 12.3. The van der Waals surface area contributed by atoms with Gasteiger partial charge >= 0.3 is 5.97 Å². The maximum absolute atomic E-state index is 12.4. The first-order chi connectivity index (χ1) is 12.7. The van der Waals surface area contributed by atoms with Gasteiger partial charge in [-0.15, -0.1) is 0 Å². The van der Waals surface area contributed by atoms with Gasteiger partial charge in [-0.25, -0.2) is 17.9 Å². The number of carboxylic acid groups (broad SMARTS) is 1. The number of rotatable bonds is 9. The van der Waals surface area contributed by atoms with E-state index in [1.807, 2.05) is 0 Å². The van der Waals surface area contributed by atoms with Gasteiger partial charge in [0.1, 0.15) is 11.6 Å². The number of carbonyl (C=O) groups is 1. The third kappa shape index (κ3) is 6.08. The molecule has 5 N–H and O–H groups in total. The van der Waals surface area contributed by atoms with Crippen LogP contribution in [0.3, 0.4) is 0 Å². The topological polar surface area (TPSA) is 143 Å². The summed E-state index contributed by atoms with van der Waals surface area (Å²) in [6.45, 7) is 1.33. The molecular formula is C18H21N3O5S. The summed E-state index contributed by atoms with van der Waals surface area (Å²) in [5.41, 5.74) is 6.69. The lowest BCUT2D eigenvalue weighted by Gasteiger charge is -2.15. The van der Waals surface area contributed by atoms with Crippen LogP contribution in [0.5, 0.6) is 5.75 Å². The molecule has 0 aliphatic rings. The molecule has 1 atom stereocenters. The largest absolute Gasteiger partial charge is 0.482 e. The molecule has 2 aromatic rings. The number of nitrogen functional groups attached to an aromatic ring is 1. The van der Waals surface area contributed by atoms with Gasteiger partial charge in [-0.05, 0) is 55.3 Å². The van der Waals surface area contributed by atoms with Gasteiger partial charge in [-0.3, -0.25) is 5.41 Å². The van der Waals surface area contributed by atoms with Gasteiger partial charge in [-0.2, -0.15) is 0 Å².